The average Bonchev–Trinajstić information content (AvgIpc) is 3.36. The summed E-state index contributed by atoms with van der Waals surface area (Å²) >= 11 is 3.78. The lowest BCUT2D eigenvalue weighted by Crippen LogP contribution is -2.52. The fourth-order valence-electron chi connectivity index (χ4n) is 4.24. The Bertz CT molecular complexity index is 1060. The summed E-state index contributed by atoms with van der Waals surface area (Å²) in [5, 5.41) is 4.22. The van der Waals surface area contributed by atoms with Crippen molar-refractivity contribution < 1.29 is 8.98 Å². The number of anilines is 1. The van der Waals surface area contributed by atoms with Crippen molar-refractivity contribution in [2.75, 3.05) is 31.1 Å². The molecule has 5 rings (SSSR count). The average molecular weight is 555 g/mol. The van der Waals surface area contributed by atoms with E-state index in [9.17, 15) is 4.79 Å². The van der Waals surface area contributed by atoms with E-state index in [1.165, 1.54) is 9.21 Å². The summed E-state index contributed by atoms with van der Waals surface area (Å²) in [4.78, 5) is 29.7. The maximum atomic E-state index is 12.8. The number of aromatic amines is 1. The first-order valence-corrected chi connectivity index (χ1v) is 14.2. The number of rotatable bonds is 5. The molecule has 3 aromatic heterocycles. The molecule has 0 bridgehead atoms. The summed E-state index contributed by atoms with van der Waals surface area (Å²) in [6.07, 6.45) is 3.78. The predicted molar refractivity (Wildman–Crippen MR) is 130 cm³/mol. The Hall–Kier alpha value is -1.37. The first-order valence-electron chi connectivity index (χ1n) is 10.0. The highest BCUT2D eigenvalue weighted by Gasteiger charge is 2.38. The molecular weight excluding hydrogens is 533 g/mol. The Labute approximate surface area is 195 Å². The molecule has 1 aliphatic carbocycles. The van der Waals surface area contributed by atoms with Gasteiger partial charge >= 0.3 is 0 Å². The van der Waals surface area contributed by atoms with Crippen LogP contribution in [0.4, 0.5) is 5.69 Å². The minimum absolute atomic E-state index is 0.131. The van der Waals surface area contributed by atoms with Crippen molar-refractivity contribution in [3.63, 3.8) is 0 Å². The summed E-state index contributed by atoms with van der Waals surface area (Å²) in [6, 6.07) is 4.21. The summed E-state index contributed by atoms with van der Waals surface area (Å²) in [7, 11) is 1.36. The van der Waals surface area contributed by atoms with Gasteiger partial charge < -0.3 is 19.0 Å². The van der Waals surface area contributed by atoms with Crippen LogP contribution in [-0.4, -0.2) is 58.0 Å². The molecule has 1 saturated carbocycles. The maximum Gasteiger partial charge on any atom is 0.226 e. The molecule has 0 unspecified atom stereocenters. The molecule has 2 fully saturated rings. The van der Waals surface area contributed by atoms with E-state index in [4.69, 9.17) is 4.18 Å². The quantitative estimate of drug-likeness (QED) is 0.371. The molecular formula is C20H22IN5O2S2. The molecule has 0 radical (unpaired) electrons. The van der Waals surface area contributed by atoms with E-state index < -0.39 is 0 Å². The fraction of sp³-hybridized carbons (Fsp3) is 0.450. The van der Waals surface area contributed by atoms with Crippen LogP contribution < -0.4 is 4.90 Å². The molecule has 0 aromatic carbocycles. The van der Waals surface area contributed by atoms with E-state index in [-0.39, 0.29) is 17.9 Å². The molecule has 158 valence electrons. The molecule has 2 aliphatic rings. The van der Waals surface area contributed by atoms with Gasteiger partial charge in [0.05, 0.1) is 31.7 Å². The Morgan fingerprint density at radius 2 is 2.13 bits per heavy atom. The highest BCUT2D eigenvalue weighted by atomic mass is 127. The smallest absolute Gasteiger partial charge is 0.226 e. The molecule has 0 spiro atoms. The van der Waals surface area contributed by atoms with Gasteiger partial charge in [0.15, 0.2) is 0 Å². The number of aryl methyl sites for hydroxylation is 1. The van der Waals surface area contributed by atoms with Crippen LogP contribution in [0.2, 0.25) is 0 Å². The van der Waals surface area contributed by atoms with Crippen LogP contribution in [0.25, 0.3) is 22.4 Å². The Morgan fingerprint density at radius 3 is 2.83 bits per heavy atom. The summed E-state index contributed by atoms with van der Waals surface area (Å²) in [5.74, 6) is 0.419. The van der Waals surface area contributed by atoms with E-state index in [0.29, 0.717) is 0 Å². The van der Waals surface area contributed by atoms with Crippen molar-refractivity contribution in [3.8, 4) is 11.4 Å². The highest BCUT2D eigenvalue weighted by molar-refractivity contribution is 14.2. The topological polar surface area (TPSA) is 74.3 Å². The Morgan fingerprint density at radius 1 is 1.33 bits per heavy atom. The number of hydrogen-bond acceptors (Lipinski definition) is 7. The van der Waals surface area contributed by atoms with E-state index in [1.54, 1.807) is 11.3 Å². The minimum atomic E-state index is 0.131. The number of thiazole rings is 1. The van der Waals surface area contributed by atoms with Gasteiger partial charge in [-0.3, -0.25) is 4.79 Å². The summed E-state index contributed by atoms with van der Waals surface area (Å²) in [5.41, 5.74) is 3.99. The van der Waals surface area contributed by atoms with Crippen molar-refractivity contribution in [3.05, 3.63) is 28.7 Å². The second-order valence-electron chi connectivity index (χ2n) is 7.79. The van der Waals surface area contributed by atoms with Gasteiger partial charge in [0.1, 0.15) is 5.65 Å². The number of nitrogens with zero attached hydrogens (tertiary/aromatic N) is 4. The SMILES string of the molecule is Cc1nc(-c2cc3c(N4CCN(C(=O)C5CC(OSI)C5)CC4)ccnc3[nH]2)cs1. The zero-order valence-electron chi connectivity index (χ0n) is 16.5. The van der Waals surface area contributed by atoms with Crippen LogP contribution >= 0.6 is 41.8 Å². The Balaban J connectivity index is 1.27. The van der Waals surface area contributed by atoms with Crippen molar-refractivity contribution in [1.29, 1.82) is 0 Å². The number of nitrogens with one attached hydrogen (secondary N) is 1. The molecule has 0 atom stereocenters. The van der Waals surface area contributed by atoms with Crippen LogP contribution in [0, 0.1) is 12.8 Å². The molecule has 3 aromatic rings. The Kier molecular flexibility index (Phi) is 5.91. The number of fused-ring (bicyclic) bond motifs is 1. The zero-order chi connectivity index (χ0) is 20.7. The van der Waals surface area contributed by atoms with Gasteiger partial charge in [0.25, 0.3) is 0 Å². The van der Waals surface area contributed by atoms with Crippen LogP contribution in [0.15, 0.2) is 23.7 Å². The third-order valence-corrected chi connectivity index (χ3v) is 7.69. The van der Waals surface area contributed by atoms with Crippen molar-refractivity contribution in [2.45, 2.75) is 25.9 Å². The fourth-order valence-corrected chi connectivity index (χ4v) is 5.99. The molecule has 1 saturated heterocycles. The minimum Gasteiger partial charge on any atom is -0.367 e. The lowest BCUT2D eigenvalue weighted by atomic mass is 9.81. The lowest BCUT2D eigenvalue weighted by molar-refractivity contribution is -0.141. The maximum absolute atomic E-state index is 12.8. The number of hydrogen-bond donors (Lipinski definition) is 1. The molecule has 1 N–H and O–H groups in total. The number of amides is 1. The molecule has 10 heteroatoms. The van der Waals surface area contributed by atoms with Gasteiger partial charge in [-0.15, -0.1) is 11.3 Å². The largest absolute Gasteiger partial charge is 0.367 e. The monoisotopic (exact) mass is 555 g/mol. The number of carbonyl (C=O) groups excluding carboxylic acids is 1. The second-order valence-corrected chi connectivity index (χ2v) is 10.2. The number of piperazine rings is 1. The van der Waals surface area contributed by atoms with Crippen LogP contribution in [0.5, 0.6) is 0 Å². The third-order valence-electron chi connectivity index (χ3n) is 5.95. The van der Waals surface area contributed by atoms with Crippen LogP contribution in [-0.2, 0) is 8.98 Å². The number of pyridine rings is 1. The number of carbonyl (C=O) groups is 1. The first kappa shape index (κ1) is 20.5. The normalized spacial score (nSPS) is 21.8. The standard InChI is InChI=1S/C20H22IN5O2S2/c1-12-23-17(11-29-12)16-10-15-18(2-3-22-19(15)24-16)25-4-6-26(7-5-25)20(27)13-8-14(9-13)28-30-21/h2-3,10-11,13-14H,4-9H2,1H3,(H,22,24). The molecule has 1 amide bonds. The van der Waals surface area contributed by atoms with Crippen molar-refractivity contribution >= 4 is 64.4 Å². The predicted octanol–water partition coefficient (Wildman–Crippen LogP) is 4.44. The summed E-state index contributed by atoms with van der Waals surface area (Å²) in [6.45, 7) is 5.19. The van der Waals surface area contributed by atoms with Crippen LogP contribution in [0.3, 0.4) is 0 Å². The van der Waals surface area contributed by atoms with E-state index in [0.717, 1.165) is 72.1 Å². The number of halogens is 1. The van der Waals surface area contributed by atoms with Crippen molar-refractivity contribution in [1.82, 2.24) is 19.9 Å². The molecule has 30 heavy (non-hydrogen) atoms. The zero-order valence-corrected chi connectivity index (χ0v) is 20.3. The third kappa shape index (κ3) is 3.94. The van der Waals surface area contributed by atoms with Gasteiger partial charge in [0.2, 0.25) is 5.91 Å². The first-order chi connectivity index (χ1) is 14.6. The van der Waals surface area contributed by atoms with Gasteiger partial charge in [-0.25, -0.2) is 9.97 Å². The second kappa shape index (κ2) is 8.64. The van der Waals surface area contributed by atoms with E-state index >= 15 is 0 Å². The number of H-pyrrole nitrogens is 1. The van der Waals surface area contributed by atoms with E-state index in [1.807, 2.05) is 18.0 Å². The van der Waals surface area contributed by atoms with Gasteiger partial charge in [-0.05, 0) is 31.9 Å². The molecule has 4 heterocycles. The van der Waals surface area contributed by atoms with Gasteiger partial charge in [0, 0.05) is 76.0 Å². The highest BCUT2D eigenvalue weighted by Crippen LogP contribution is 2.36. The molecule has 1 aliphatic heterocycles. The number of aromatic nitrogens is 3. The van der Waals surface area contributed by atoms with Gasteiger partial charge in [-0.2, -0.15) is 0 Å². The molecule has 7 nitrogen and oxygen atoms in total. The van der Waals surface area contributed by atoms with Crippen LogP contribution in [0.1, 0.15) is 17.8 Å². The van der Waals surface area contributed by atoms with Crippen molar-refractivity contribution in [2.24, 2.45) is 5.92 Å². The van der Waals surface area contributed by atoms with Gasteiger partial charge in [-0.1, -0.05) is 0 Å². The van der Waals surface area contributed by atoms with E-state index in [2.05, 4.69) is 58.6 Å². The lowest BCUT2D eigenvalue weighted by Gasteiger charge is -2.41. The summed E-state index contributed by atoms with van der Waals surface area (Å²) < 4.78 is 5.51.